The SMILES string of the molecule is CC(O)c1cc(F)ccc1OCCC1CC1. The number of aliphatic hydroxyl groups excluding tert-OH is 1. The van der Waals surface area contributed by atoms with Crippen LogP contribution >= 0.6 is 0 Å². The summed E-state index contributed by atoms with van der Waals surface area (Å²) in [6.07, 6.45) is 2.95. The zero-order valence-corrected chi connectivity index (χ0v) is 9.45. The van der Waals surface area contributed by atoms with Crippen LogP contribution in [0.25, 0.3) is 0 Å². The second-order valence-corrected chi connectivity index (χ2v) is 4.44. The van der Waals surface area contributed by atoms with Gasteiger partial charge in [0, 0.05) is 5.56 Å². The van der Waals surface area contributed by atoms with E-state index in [1.165, 1.54) is 25.0 Å². The molecule has 1 saturated carbocycles. The van der Waals surface area contributed by atoms with Gasteiger partial charge in [-0.2, -0.15) is 0 Å². The molecule has 88 valence electrons. The largest absolute Gasteiger partial charge is 0.493 e. The molecule has 1 unspecified atom stereocenters. The minimum absolute atomic E-state index is 0.342. The predicted octanol–water partition coefficient (Wildman–Crippen LogP) is 3.06. The van der Waals surface area contributed by atoms with Gasteiger partial charge in [0.05, 0.1) is 12.7 Å². The topological polar surface area (TPSA) is 29.5 Å². The van der Waals surface area contributed by atoms with Gasteiger partial charge in [-0.25, -0.2) is 4.39 Å². The summed E-state index contributed by atoms with van der Waals surface area (Å²) in [6.45, 7) is 2.26. The second-order valence-electron chi connectivity index (χ2n) is 4.44. The zero-order valence-electron chi connectivity index (χ0n) is 9.45. The highest BCUT2D eigenvalue weighted by Gasteiger charge is 2.21. The van der Waals surface area contributed by atoms with Gasteiger partial charge in [-0.1, -0.05) is 12.8 Å². The molecule has 1 N–H and O–H groups in total. The van der Waals surface area contributed by atoms with Crippen molar-refractivity contribution in [3.8, 4) is 5.75 Å². The van der Waals surface area contributed by atoms with Crippen molar-refractivity contribution in [2.75, 3.05) is 6.61 Å². The van der Waals surface area contributed by atoms with Crippen LogP contribution in [0, 0.1) is 11.7 Å². The molecule has 3 heteroatoms. The van der Waals surface area contributed by atoms with E-state index in [0.29, 0.717) is 17.9 Å². The molecular weight excluding hydrogens is 207 g/mol. The summed E-state index contributed by atoms with van der Waals surface area (Å²) in [6, 6.07) is 4.28. The quantitative estimate of drug-likeness (QED) is 0.833. The molecule has 0 aromatic heterocycles. The highest BCUT2D eigenvalue weighted by Crippen LogP contribution is 2.33. The number of ether oxygens (including phenoxy) is 1. The molecule has 0 bridgehead atoms. The van der Waals surface area contributed by atoms with E-state index in [1.54, 1.807) is 13.0 Å². The molecular formula is C13H17FO2. The fraction of sp³-hybridized carbons (Fsp3) is 0.538. The van der Waals surface area contributed by atoms with Gasteiger partial charge in [0.1, 0.15) is 11.6 Å². The molecule has 2 rings (SSSR count). The van der Waals surface area contributed by atoms with Crippen LogP contribution in [0.15, 0.2) is 18.2 Å². The smallest absolute Gasteiger partial charge is 0.125 e. The molecule has 0 saturated heterocycles. The highest BCUT2D eigenvalue weighted by atomic mass is 19.1. The van der Waals surface area contributed by atoms with E-state index in [4.69, 9.17) is 4.74 Å². The number of aliphatic hydroxyl groups is 1. The Morgan fingerprint density at radius 1 is 1.50 bits per heavy atom. The lowest BCUT2D eigenvalue weighted by Gasteiger charge is -2.13. The van der Waals surface area contributed by atoms with Crippen molar-refractivity contribution in [3.05, 3.63) is 29.6 Å². The summed E-state index contributed by atoms with van der Waals surface area (Å²) in [5, 5.41) is 9.50. The minimum atomic E-state index is -0.702. The van der Waals surface area contributed by atoms with Crippen LogP contribution in [0.3, 0.4) is 0 Å². The molecule has 1 aromatic rings. The Hall–Kier alpha value is -1.09. The van der Waals surface area contributed by atoms with Gasteiger partial charge in [0.2, 0.25) is 0 Å². The fourth-order valence-electron chi connectivity index (χ4n) is 1.72. The Kier molecular flexibility index (Phi) is 3.44. The molecule has 1 fully saturated rings. The number of hydrogen-bond acceptors (Lipinski definition) is 2. The molecule has 0 amide bonds. The average Bonchev–Trinajstić information content (AvgIpc) is 3.04. The van der Waals surface area contributed by atoms with E-state index in [2.05, 4.69) is 0 Å². The Morgan fingerprint density at radius 3 is 2.88 bits per heavy atom. The van der Waals surface area contributed by atoms with Crippen molar-refractivity contribution in [2.45, 2.75) is 32.3 Å². The van der Waals surface area contributed by atoms with E-state index in [-0.39, 0.29) is 5.82 Å². The van der Waals surface area contributed by atoms with Gasteiger partial charge >= 0.3 is 0 Å². The first-order valence-electron chi connectivity index (χ1n) is 5.77. The fourth-order valence-corrected chi connectivity index (χ4v) is 1.72. The first kappa shape index (κ1) is 11.4. The molecule has 1 atom stereocenters. The molecule has 1 aromatic carbocycles. The third kappa shape index (κ3) is 2.95. The van der Waals surface area contributed by atoms with Gasteiger partial charge in [-0.15, -0.1) is 0 Å². The Labute approximate surface area is 95.1 Å². The van der Waals surface area contributed by atoms with Gasteiger partial charge in [-0.3, -0.25) is 0 Å². The lowest BCUT2D eigenvalue weighted by molar-refractivity contribution is 0.190. The standard InChI is InChI=1S/C13H17FO2/c1-9(15)12-8-11(14)4-5-13(12)16-7-6-10-2-3-10/h4-5,8-10,15H,2-3,6-7H2,1H3. The van der Waals surface area contributed by atoms with Crippen molar-refractivity contribution >= 4 is 0 Å². The third-order valence-electron chi connectivity index (χ3n) is 2.90. The van der Waals surface area contributed by atoms with Gasteiger partial charge in [-0.05, 0) is 37.5 Å². The number of hydrogen-bond donors (Lipinski definition) is 1. The van der Waals surface area contributed by atoms with Gasteiger partial charge in [0.15, 0.2) is 0 Å². The maximum absolute atomic E-state index is 13.0. The first-order valence-corrected chi connectivity index (χ1v) is 5.77. The molecule has 0 heterocycles. The van der Waals surface area contributed by atoms with Crippen LogP contribution in [0.2, 0.25) is 0 Å². The van der Waals surface area contributed by atoms with Crippen LogP contribution in [0.4, 0.5) is 4.39 Å². The van der Waals surface area contributed by atoms with Gasteiger partial charge < -0.3 is 9.84 Å². The summed E-state index contributed by atoms with van der Waals surface area (Å²) >= 11 is 0. The van der Waals surface area contributed by atoms with Crippen molar-refractivity contribution < 1.29 is 14.2 Å². The maximum Gasteiger partial charge on any atom is 0.125 e. The minimum Gasteiger partial charge on any atom is -0.493 e. The van der Waals surface area contributed by atoms with Crippen molar-refractivity contribution in [2.24, 2.45) is 5.92 Å². The predicted molar refractivity (Wildman–Crippen MR) is 59.9 cm³/mol. The molecule has 0 spiro atoms. The molecule has 1 aliphatic rings. The summed E-state index contributed by atoms with van der Waals surface area (Å²) < 4.78 is 18.6. The number of benzene rings is 1. The normalized spacial score (nSPS) is 17.2. The monoisotopic (exact) mass is 224 g/mol. The van der Waals surface area contributed by atoms with E-state index >= 15 is 0 Å². The van der Waals surface area contributed by atoms with Crippen LogP contribution < -0.4 is 4.74 Å². The number of halogens is 1. The molecule has 2 nitrogen and oxygen atoms in total. The summed E-state index contributed by atoms with van der Waals surface area (Å²) in [5.74, 6) is 1.07. The van der Waals surface area contributed by atoms with Gasteiger partial charge in [0.25, 0.3) is 0 Å². The Bertz CT molecular complexity index is 359. The lowest BCUT2D eigenvalue weighted by Crippen LogP contribution is -2.03. The molecule has 1 aliphatic carbocycles. The van der Waals surface area contributed by atoms with Crippen LogP contribution in [-0.2, 0) is 0 Å². The average molecular weight is 224 g/mol. The summed E-state index contributed by atoms with van der Waals surface area (Å²) in [5.41, 5.74) is 0.524. The first-order chi connectivity index (χ1) is 7.66. The molecule has 0 radical (unpaired) electrons. The van der Waals surface area contributed by atoms with Crippen molar-refractivity contribution in [1.82, 2.24) is 0 Å². The van der Waals surface area contributed by atoms with E-state index in [9.17, 15) is 9.50 Å². The lowest BCUT2D eigenvalue weighted by atomic mass is 10.1. The molecule has 16 heavy (non-hydrogen) atoms. The van der Waals surface area contributed by atoms with E-state index in [1.807, 2.05) is 0 Å². The maximum atomic E-state index is 13.0. The van der Waals surface area contributed by atoms with Crippen LogP contribution in [0.5, 0.6) is 5.75 Å². The summed E-state index contributed by atoms with van der Waals surface area (Å²) in [7, 11) is 0. The highest BCUT2D eigenvalue weighted by molar-refractivity contribution is 5.35. The van der Waals surface area contributed by atoms with Crippen LogP contribution in [-0.4, -0.2) is 11.7 Å². The van der Waals surface area contributed by atoms with Crippen molar-refractivity contribution in [1.29, 1.82) is 0 Å². The van der Waals surface area contributed by atoms with Crippen LogP contribution in [0.1, 0.15) is 37.9 Å². The number of rotatable bonds is 5. The third-order valence-corrected chi connectivity index (χ3v) is 2.90. The Morgan fingerprint density at radius 2 is 2.25 bits per heavy atom. The van der Waals surface area contributed by atoms with E-state index in [0.717, 1.165) is 12.3 Å². The van der Waals surface area contributed by atoms with E-state index < -0.39 is 6.10 Å². The van der Waals surface area contributed by atoms with Crippen molar-refractivity contribution in [3.63, 3.8) is 0 Å². The Balaban J connectivity index is 1.99. The summed E-state index contributed by atoms with van der Waals surface area (Å²) in [4.78, 5) is 0. The second kappa shape index (κ2) is 4.83. The molecule has 0 aliphatic heterocycles. The zero-order chi connectivity index (χ0) is 11.5.